The molecule has 2 rings (SSSR count). The summed E-state index contributed by atoms with van der Waals surface area (Å²) < 4.78 is 39.7. The minimum Gasteiger partial charge on any atom is -0.406 e. The Morgan fingerprint density at radius 1 is 1.11 bits per heavy atom. The number of carbonyl (C=O) groups is 1. The van der Waals surface area contributed by atoms with Gasteiger partial charge in [-0.2, -0.15) is 0 Å². The average Bonchev–Trinajstić information content (AvgIpc) is 2.29. The molecule has 1 aromatic carbocycles. The molecule has 2 nitrogen and oxygen atoms in total. The van der Waals surface area contributed by atoms with Gasteiger partial charge in [-0.3, -0.25) is 4.79 Å². The first kappa shape index (κ1) is 12.9. The smallest absolute Gasteiger partial charge is 0.406 e. The lowest BCUT2D eigenvalue weighted by Gasteiger charge is -2.21. The van der Waals surface area contributed by atoms with Crippen LogP contribution in [0.5, 0.6) is 5.75 Å². The van der Waals surface area contributed by atoms with Crippen molar-refractivity contribution in [2.75, 3.05) is 0 Å². The molecule has 1 aliphatic rings. The molecule has 5 heteroatoms. The highest BCUT2D eigenvalue weighted by Crippen LogP contribution is 2.31. The van der Waals surface area contributed by atoms with Gasteiger partial charge in [0.15, 0.2) is 0 Å². The molecule has 1 unspecified atom stereocenters. The third-order valence-corrected chi connectivity index (χ3v) is 3.07. The number of ketones is 1. The van der Waals surface area contributed by atoms with Crippen LogP contribution in [0, 0.1) is 0 Å². The van der Waals surface area contributed by atoms with Crippen molar-refractivity contribution in [3.8, 4) is 5.75 Å². The molecule has 0 heterocycles. The molecule has 1 aliphatic carbocycles. The van der Waals surface area contributed by atoms with E-state index in [0.29, 0.717) is 6.42 Å². The van der Waals surface area contributed by atoms with Crippen molar-refractivity contribution in [1.29, 1.82) is 0 Å². The van der Waals surface area contributed by atoms with Gasteiger partial charge in [-0.15, -0.1) is 13.2 Å². The summed E-state index contributed by atoms with van der Waals surface area (Å²) in [5.41, 5.74) is 0.772. The highest BCUT2D eigenvalue weighted by atomic mass is 19.4. The summed E-state index contributed by atoms with van der Waals surface area (Å²) in [6, 6.07) is 5.58. The van der Waals surface area contributed by atoms with E-state index >= 15 is 0 Å². The van der Waals surface area contributed by atoms with E-state index in [1.807, 2.05) is 0 Å². The van der Waals surface area contributed by atoms with Crippen LogP contribution in [-0.4, -0.2) is 12.1 Å². The fourth-order valence-electron chi connectivity index (χ4n) is 2.24. The zero-order valence-corrected chi connectivity index (χ0v) is 9.67. The van der Waals surface area contributed by atoms with Crippen LogP contribution >= 0.6 is 0 Å². The molecule has 0 N–H and O–H groups in total. The maximum absolute atomic E-state index is 12.0. The van der Waals surface area contributed by atoms with E-state index in [2.05, 4.69) is 4.74 Å². The number of rotatable bonds is 2. The van der Waals surface area contributed by atoms with Crippen LogP contribution in [0.3, 0.4) is 0 Å². The molecule has 1 atom stereocenters. The summed E-state index contributed by atoms with van der Waals surface area (Å²) in [7, 11) is 0. The van der Waals surface area contributed by atoms with Crippen molar-refractivity contribution in [1.82, 2.24) is 0 Å². The Labute approximate surface area is 103 Å². The van der Waals surface area contributed by atoms with Crippen molar-refractivity contribution in [3.63, 3.8) is 0 Å². The topological polar surface area (TPSA) is 26.3 Å². The largest absolute Gasteiger partial charge is 0.573 e. The molecule has 0 amide bonds. The molecule has 1 fully saturated rings. The van der Waals surface area contributed by atoms with Gasteiger partial charge in [0.05, 0.1) is 0 Å². The fraction of sp³-hybridized carbons (Fsp3) is 0.462. The van der Waals surface area contributed by atoms with E-state index in [9.17, 15) is 18.0 Å². The van der Waals surface area contributed by atoms with Crippen molar-refractivity contribution in [2.24, 2.45) is 0 Å². The van der Waals surface area contributed by atoms with Gasteiger partial charge in [-0.1, -0.05) is 18.6 Å². The van der Waals surface area contributed by atoms with Crippen LogP contribution in [0.4, 0.5) is 13.2 Å². The lowest BCUT2D eigenvalue weighted by molar-refractivity contribution is -0.274. The summed E-state index contributed by atoms with van der Waals surface area (Å²) in [5.74, 6) is -0.251. The minimum atomic E-state index is -4.68. The average molecular weight is 258 g/mol. The lowest BCUT2D eigenvalue weighted by Crippen LogP contribution is -2.18. The summed E-state index contributed by atoms with van der Waals surface area (Å²) in [5, 5.41) is 0. The number of Topliss-reactive ketones (excluding diaryl/α,β-unsaturated/α-hetero) is 1. The molecule has 0 aliphatic heterocycles. The van der Waals surface area contributed by atoms with Crippen LogP contribution in [0.25, 0.3) is 0 Å². The monoisotopic (exact) mass is 258 g/mol. The van der Waals surface area contributed by atoms with Gasteiger partial charge in [0, 0.05) is 12.3 Å². The van der Waals surface area contributed by atoms with Crippen molar-refractivity contribution in [3.05, 3.63) is 29.8 Å². The normalized spacial score (nSPS) is 20.8. The Morgan fingerprint density at radius 2 is 1.78 bits per heavy atom. The highest BCUT2D eigenvalue weighted by Gasteiger charge is 2.31. The molecule has 18 heavy (non-hydrogen) atoms. The van der Waals surface area contributed by atoms with Gasteiger partial charge >= 0.3 is 6.36 Å². The molecule has 98 valence electrons. The maximum atomic E-state index is 12.0. The highest BCUT2D eigenvalue weighted by molar-refractivity contribution is 5.86. The summed E-state index contributed by atoms with van der Waals surface area (Å²) in [4.78, 5) is 11.7. The lowest BCUT2D eigenvalue weighted by atomic mass is 9.83. The molecular weight excluding hydrogens is 245 g/mol. The van der Waals surface area contributed by atoms with E-state index in [0.717, 1.165) is 24.8 Å². The van der Waals surface area contributed by atoms with E-state index < -0.39 is 6.36 Å². The van der Waals surface area contributed by atoms with Crippen molar-refractivity contribution < 1.29 is 22.7 Å². The second-order valence-corrected chi connectivity index (χ2v) is 4.38. The number of halogens is 3. The first-order valence-electron chi connectivity index (χ1n) is 5.84. The fourth-order valence-corrected chi connectivity index (χ4v) is 2.24. The molecule has 0 bridgehead atoms. The molecular formula is C13H13F3O2. The van der Waals surface area contributed by atoms with Crippen LogP contribution in [0.15, 0.2) is 24.3 Å². The molecule has 0 aromatic heterocycles. The van der Waals surface area contributed by atoms with Crippen LogP contribution in [-0.2, 0) is 4.79 Å². The zero-order valence-electron chi connectivity index (χ0n) is 9.67. The van der Waals surface area contributed by atoms with Crippen LogP contribution < -0.4 is 4.74 Å². The quantitative estimate of drug-likeness (QED) is 0.806. The number of alkyl halides is 3. The SMILES string of the molecule is O=C1CCCCC1c1ccc(OC(F)(F)F)cc1. The predicted octanol–water partition coefficient (Wildman–Crippen LogP) is 3.81. The Hall–Kier alpha value is -1.52. The number of benzene rings is 1. The van der Waals surface area contributed by atoms with Crippen molar-refractivity contribution in [2.45, 2.75) is 38.0 Å². The molecule has 0 saturated heterocycles. The first-order valence-corrected chi connectivity index (χ1v) is 5.84. The third kappa shape index (κ3) is 3.24. The molecule has 1 saturated carbocycles. The van der Waals surface area contributed by atoms with Gasteiger partial charge in [0.25, 0.3) is 0 Å². The van der Waals surface area contributed by atoms with Gasteiger partial charge in [0.1, 0.15) is 11.5 Å². The van der Waals surface area contributed by atoms with E-state index in [1.165, 1.54) is 24.3 Å². The molecule has 0 spiro atoms. The Morgan fingerprint density at radius 3 is 2.33 bits per heavy atom. The third-order valence-electron chi connectivity index (χ3n) is 3.07. The Kier molecular flexibility index (Phi) is 3.59. The number of hydrogen-bond acceptors (Lipinski definition) is 2. The van der Waals surface area contributed by atoms with Gasteiger partial charge in [-0.05, 0) is 30.5 Å². The van der Waals surface area contributed by atoms with Gasteiger partial charge in [-0.25, -0.2) is 0 Å². The van der Waals surface area contributed by atoms with E-state index in [-0.39, 0.29) is 17.5 Å². The minimum absolute atomic E-state index is 0.168. The number of ether oxygens (including phenoxy) is 1. The Balaban J connectivity index is 2.09. The van der Waals surface area contributed by atoms with E-state index in [4.69, 9.17) is 0 Å². The second kappa shape index (κ2) is 5.00. The van der Waals surface area contributed by atoms with Gasteiger partial charge < -0.3 is 4.74 Å². The van der Waals surface area contributed by atoms with Gasteiger partial charge in [0.2, 0.25) is 0 Å². The number of hydrogen-bond donors (Lipinski definition) is 0. The summed E-state index contributed by atoms with van der Waals surface area (Å²) >= 11 is 0. The summed E-state index contributed by atoms with van der Waals surface area (Å²) in [6.07, 6.45) is -1.45. The standard InChI is InChI=1S/C13H13F3O2/c14-13(15,16)18-10-7-5-9(6-8-10)11-3-1-2-4-12(11)17/h5-8,11H,1-4H2. The molecule has 0 radical (unpaired) electrons. The maximum Gasteiger partial charge on any atom is 0.573 e. The van der Waals surface area contributed by atoms with Crippen LogP contribution in [0.1, 0.15) is 37.2 Å². The zero-order chi connectivity index (χ0) is 13.2. The van der Waals surface area contributed by atoms with E-state index in [1.54, 1.807) is 0 Å². The predicted molar refractivity (Wildman–Crippen MR) is 59.3 cm³/mol. The Bertz CT molecular complexity index is 423. The molecule has 1 aromatic rings. The first-order chi connectivity index (χ1) is 8.46. The van der Waals surface area contributed by atoms with Crippen molar-refractivity contribution >= 4 is 5.78 Å². The number of carbonyl (C=O) groups excluding carboxylic acids is 1. The second-order valence-electron chi connectivity index (χ2n) is 4.38. The summed E-state index contributed by atoms with van der Waals surface area (Å²) in [6.45, 7) is 0. The van der Waals surface area contributed by atoms with Crippen LogP contribution in [0.2, 0.25) is 0 Å².